The van der Waals surface area contributed by atoms with E-state index in [1.807, 2.05) is 32.0 Å². The van der Waals surface area contributed by atoms with E-state index in [1.54, 1.807) is 43.1 Å². The van der Waals surface area contributed by atoms with Crippen LogP contribution in [0.2, 0.25) is 0 Å². The number of ether oxygens (including phenoxy) is 3. The minimum Gasteiger partial charge on any atom is -0.496 e. The second-order valence-corrected chi connectivity index (χ2v) is 12.3. The van der Waals surface area contributed by atoms with Crippen LogP contribution in [0.5, 0.6) is 11.5 Å². The van der Waals surface area contributed by atoms with Crippen LogP contribution < -0.4 is 14.8 Å². The minimum absolute atomic E-state index is 0.112. The fourth-order valence-corrected chi connectivity index (χ4v) is 6.29. The molecule has 0 spiro atoms. The molecule has 1 unspecified atom stereocenters. The second kappa shape index (κ2) is 11.4. The molecule has 7 nitrogen and oxygen atoms in total. The average Bonchev–Trinajstić information content (AvgIpc) is 3.37. The maximum atomic E-state index is 13.0. The van der Waals surface area contributed by atoms with Crippen LogP contribution in [0, 0.1) is 6.92 Å². The zero-order valence-electron chi connectivity index (χ0n) is 24.2. The predicted molar refractivity (Wildman–Crippen MR) is 163 cm³/mol. The highest BCUT2D eigenvalue weighted by atomic mass is 32.2. The average molecular weight is 571 g/mol. The van der Waals surface area contributed by atoms with Gasteiger partial charge in [-0.25, -0.2) is 4.79 Å². The molecule has 0 saturated carbocycles. The first-order valence-electron chi connectivity index (χ1n) is 13.5. The third-order valence-corrected chi connectivity index (χ3v) is 8.34. The molecule has 0 bridgehead atoms. The summed E-state index contributed by atoms with van der Waals surface area (Å²) in [5, 5.41) is 3.37. The molecule has 41 heavy (non-hydrogen) atoms. The van der Waals surface area contributed by atoms with Gasteiger partial charge in [0.05, 0.1) is 18.2 Å². The van der Waals surface area contributed by atoms with Crippen LogP contribution in [0.25, 0.3) is 16.7 Å². The van der Waals surface area contributed by atoms with Gasteiger partial charge in [-0.3, -0.25) is 9.78 Å². The monoisotopic (exact) mass is 570 g/mol. The molecule has 1 aromatic heterocycles. The summed E-state index contributed by atoms with van der Waals surface area (Å²) in [7, 11) is 1.58. The van der Waals surface area contributed by atoms with Crippen molar-refractivity contribution >= 4 is 35.0 Å². The molecule has 8 heteroatoms. The van der Waals surface area contributed by atoms with Crippen LogP contribution in [0.1, 0.15) is 61.3 Å². The quantitative estimate of drug-likeness (QED) is 0.233. The molecule has 2 aliphatic rings. The molecule has 0 aliphatic carbocycles. The second-order valence-electron chi connectivity index (χ2n) is 10.9. The van der Waals surface area contributed by atoms with Gasteiger partial charge in [0, 0.05) is 40.3 Å². The summed E-state index contributed by atoms with van der Waals surface area (Å²) in [4.78, 5) is 31.0. The highest BCUT2D eigenvalue weighted by molar-refractivity contribution is 8.04. The van der Waals surface area contributed by atoms with Gasteiger partial charge in [0.1, 0.15) is 23.4 Å². The number of anilines is 1. The number of carbonyl (C=O) groups is 2. The predicted octanol–water partition coefficient (Wildman–Crippen LogP) is 7.34. The van der Waals surface area contributed by atoms with Gasteiger partial charge in [-0.05, 0) is 87.4 Å². The van der Waals surface area contributed by atoms with Gasteiger partial charge >= 0.3 is 11.9 Å². The Balaban J connectivity index is 1.50. The Morgan fingerprint density at radius 3 is 2.54 bits per heavy atom. The van der Waals surface area contributed by atoms with E-state index >= 15 is 0 Å². The Hall–Kier alpha value is -4.04. The molecular weight excluding hydrogens is 536 g/mol. The summed E-state index contributed by atoms with van der Waals surface area (Å²) in [6.07, 6.45) is 6.43. The highest BCUT2D eigenvalue weighted by Gasteiger charge is 2.29. The van der Waals surface area contributed by atoms with Crippen LogP contribution in [-0.2, 0) is 16.1 Å². The van der Waals surface area contributed by atoms with Gasteiger partial charge in [0.2, 0.25) is 0 Å². The SMILES string of the molecule is COc1cc(OC(=O)c2ccc(C)nc2)ccc1-c1ccc2c(c1COC(=O)C1CC=C(C)S1)C(C)=CC(C)(C)N2. The number of carbonyl (C=O) groups excluding carboxylic acids is 2. The number of methoxy groups -OCH3 is 1. The number of hydrogen-bond acceptors (Lipinski definition) is 8. The molecule has 0 fully saturated rings. The molecule has 1 atom stereocenters. The molecule has 2 aliphatic heterocycles. The van der Waals surface area contributed by atoms with Crippen molar-refractivity contribution in [1.82, 2.24) is 4.98 Å². The lowest BCUT2D eigenvalue weighted by atomic mass is 9.85. The Kier molecular flexibility index (Phi) is 7.95. The third-order valence-electron chi connectivity index (χ3n) is 7.13. The van der Waals surface area contributed by atoms with E-state index in [-0.39, 0.29) is 23.4 Å². The van der Waals surface area contributed by atoms with Crippen molar-refractivity contribution < 1.29 is 23.8 Å². The molecule has 0 radical (unpaired) electrons. The van der Waals surface area contributed by atoms with E-state index in [0.717, 1.165) is 44.1 Å². The number of nitrogens with one attached hydrogen (secondary N) is 1. The van der Waals surface area contributed by atoms with E-state index in [0.29, 0.717) is 23.5 Å². The number of allylic oxidation sites excluding steroid dienone is 3. The molecular formula is C33H34N2O5S. The Morgan fingerprint density at radius 1 is 1.07 bits per heavy atom. The molecule has 3 heterocycles. The molecule has 2 aromatic carbocycles. The first kappa shape index (κ1) is 28.5. The number of hydrogen-bond donors (Lipinski definition) is 1. The van der Waals surface area contributed by atoms with E-state index in [2.05, 4.69) is 43.2 Å². The molecule has 0 saturated heterocycles. The normalized spacial score (nSPS) is 17.1. The van der Waals surface area contributed by atoms with Crippen molar-refractivity contribution in [2.75, 3.05) is 12.4 Å². The van der Waals surface area contributed by atoms with Crippen molar-refractivity contribution in [3.63, 3.8) is 0 Å². The van der Waals surface area contributed by atoms with Crippen molar-refractivity contribution in [3.8, 4) is 22.6 Å². The number of rotatable bonds is 7. The number of thioether (sulfide) groups is 1. The maximum Gasteiger partial charge on any atom is 0.345 e. The number of aryl methyl sites for hydroxylation is 1. The number of benzene rings is 2. The van der Waals surface area contributed by atoms with E-state index in [4.69, 9.17) is 14.2 Å². The fourth-order valence-electron chi connectivity index (χ4n) is 5.29. The number of nitrogens with zero attached hydrogens (tertiary/aromatic N) is 1. The Labute approximate surface area is 245 Å². The van der Waals surface area contributed by atoms with Crippen LogP contribution in [0.4, 0.5) is 5.69 Å². The highest BCUT2D eigenvalue weighted by Crippen LogP contribution is 2.43. The lowest BCUT2D eigenvalue weighted by Gasteiger charge is -2.33. The lowest BCUT2D eigenvalue weighted by Crippen LogP contribution is -2.32. The third kappa shape index (κ3) is 6.17. The van der Waals surface area contributed by atoms with Crippen molar-refractivity contribution in [1.29, 1.82) is 0 Å². The molecule has 5 rings (SSSR count). The van der Waals surface area contributed by atoms with Gasteiger partial charge in [0.15, 0.2) is 0 Å². The summed E-state index contributed by atoms with van der Waals surface area (Å²) >= 11 is 1.55. The number of fused-ring (bicyclic) bond motifs is 1. The Bertz CT molecular complexity index is 1570. The zero-order valence-corrected chi connectivity index (χ0v) is 25.0. The largest absolute Gasteiger partial charge is 0.496 e. The van der Waals surface area contributed by atoms with Crippen LogP contribution in [0.15, 0.2) is 65.7 Å². The van der Waals surface area contributed by atoms with E-state index < -0.39 is 5.97 Å². The Morgan fingerprint density at radius 2 is 1.85 bits per heavy atom. The van der Waals surface area contributed by atoms with Crippen LogP contribution in [0.3, 0.4) is 0 Å². The lowest BCUT2D eigenvalue weighted by molar-refractivity contribution is -0.144. The molecule has 0 amide bonds. The summed E-state index contributed by atoms with van der Waals surface area (Å²) in [5.41, 5.74) is 6.60. The molecule has 1 N–H and O–H groups in total. The summed E-state index contributed by atoms with van der Waals surface area (Å²) in [6.45, 7) is 10.3. The van der Waals surface area contributed by atoms with E-state index in [1.165, 1.54) is 6.20 Å². The first-order chi connectivity index (χ1) is 19.5. The number of aromatic nitrogens is 1. The maximum absolute atomic E-state index is 13.0. The zero-order chi connectivity index (χ0) is 29.3. The number of pyridine rings is 1. The van der Waals surface area contributed by atoms with E-state index in [9.17, 15) is 9.59 Å². The minimum atomic E-state index is -0.502. The summed E-state index contributed by atoms with van der Waals surface area (Å²) < 4.78 is 17.3. The van der Waals surface area contributed by atoms with Crippen LogP contribution >= 0.6 is 11.8 Å². The van der Waals surface area contributed by atoms with Crippen molar-refractivity contribution in [2.45, 2.75) is 58.4 Å². The summed E-state index contributed by atoms with van der Waals surface area (Å²) in [6, 6.07) is 12.8. The topological polar surface area (TPSA) is 86.8 Å². The van der Waals surface area contributed by atoms with Crippen LogP contribution in [-0.4, -0.2) is 34.8 Å². The first-order valence-corrected chi connectivity index (χ1v) is 14.4. The molecule has 212 valence electrons. The van der Waals surface area contributed by atoms with Gasteiger partial charge < -0.3 is 19.5 Å². The fraction of sp³-hybridized carbons (Fsp3) is 0.303. The van der Waals surface area contributed by atoms with Gasteiger partial charge in [0.25, 0.3) is 0 Å². The van der Waals surface area contributed by atoms with Crippen molar-refractivity contribution in [3.05, 3.63) is 88.1 Å². The van der Waals surface area contributed by atoms with Gasteiger partial charge in [-0.15, -0.1) is 11.8 Å². The van der Waals surface area contributed by atoms with Crippen molar-refractivity contribution in [2.24, 2.45) is 0 Å². The standard InChI is InChI=1S/C33H34N2O5S/c1-19-16-33(4,5)35-27-13-12-24(26(30(19)27)18-39-32(37)29-14-8-21(3)41-29)25-11-10-23(15-28(25)38-6)40-31(36)22-9-7-20(2)34-17-22/h7-13,15-17,29,35H,14,18H2,1-6H3. The van der Waals surface area contributed by atoms with Gasteiger partial charge in [-0.1, -0.05) is 18.2 Å². The summed E-state index contributed by atoms with van der Waals surface area (Å²) in [5.74, 6) is 0.152. The molecule has 3 aromatic rings. The number of esters is 2. The van der Waals surface area contributed by atoms with Gasteiger partial charge in [-0.2, -0.15) is 0 Å². The smallest absolute Gasteiger partial charge is 0.345 e.